The highest BCUT2D eigenvalue weighted by atomic mass is 35.5. The molecule has 19 heavy (non-hydrogen) atoms. The number of benzene rings is 1. The minimum absolute atomic E-state index is 0.266. The zero-order chi connectivity index (χ0) is 13.8. The number of aromatic amines is 1. The van der Waals surface area contributed by atoms with Crippen molar-refractivity contribution in [2.45, 2.75) is 0 Å². The largest absolute Gasteiger partial charge is 0.328 e. The molecular formula is C14H9ClFNO2. The Kier molecular flexibility index (Phi) is 3.92. The molecule has 0 unspecified atom stereocenters. The van der Waals surface area contributed by atoms with Gasteiger partial charge in [0.25, 0.3) is 0 Å². The van der Waals surface area contributed by atoms with Gasteiger partial charge in [-0.2, -0.15) is 0 Å². The summed E-state index contributed by atoms with van der Waals surface area (Å²) in [6.45, 7) is 0. The molecule has 1 N–H and O–H groups in total. The zero-order valence-electron chi connectivity index (χ0n) is 9.69. The maximum absolute atomic E-state index is 13.5. The van der Waals surface area contributed by atoms with Crippen molar-refractivity contribution in [2.24, 2.45) is 0 Å². The highest BCUT2D eigenvalue weighted by molar-refractivity contribution is 6.30. The van der Waals surface area contributed by atoms with E-state index in [1.807, 2.05) is 0 Å². The van der Waals surface area contributed by atoms with Gasteiger partial charge >= 0.3 is 0 Å². The molecule has 1 aromatic carbocycles. The molecule has 0 amide bonds. The van der Waals surface area contributed by atoms with Gasteiger partial charge in [-0.05, 0) is 30.4 Å². The Labute approximate surface area is 113 Å². The Morgan fingerprint density at radius 2 is 2.05 bits per heavy atom. The number of allylic oxidation sites excluding steroid dienone is 1. The molecular weight excluding hydrogens is 269 g/mol. The quantitative estimate of drug-likeness (QED) is 0.692. The fourth-order valence-corrected chi connectivity index (χ4v) is 1.62. The molecule has 0 aliphatic heterocycles. The number of carbonyl (C=O) groups excluding carboxylic acids is 1. The molecule has 1 aromatic heterocycles. The molecule has 0 fully saturated rings. The first-order valence-corrected chi connectivity index (χ1v) is 5.80. The Hall–Kier alpha value is -2.20. The summed E-state index contributed by atoms with van der Waals surface area (Å²) in [5, 5.41) is 0.293. The first-order valence-electron chi connectivity index (χ1n) is 5.42. The van der Waals surface area contributed by atoms with E-state index in [-0.39, 0.29) is 16.9 Å². The van der Waals surface area contributed by atoms with E-state index in [4.69, 9.17) is 11.6 Å². The molecule has 0 saturated carbocycles. The number of carbonyl (C=O) groups is 1. The van der Waals surface area contributed by atoms with E-state index in [9.17, 15) is 14.0 Å². The van der Waals surface area contributed by atoms with Crippen LogP contribution < -0.4 is 5.56 Å². The number of aromatic nitrogens is 1. The molecule has 0 aliphatic rings. The molecule has 1 heterocycles. The van der Waals surface area contributed by atoms with Gasteiger partial charge in [0.1, 0.15) is 5.82 Å². The minimum atomic E-state index is -0.502. The van der Waals surface area contributed by atoms with E-state index in [0.29, 0.717) is 10.6 Å². The second-order valence-electron chi connectivity index (χ2n) is 3.81. The van der Waals surface area contributed by atoms with E-state index < -0.39 is 5.82 Å². The van der Waals surface area contributed by atoms with Crippen LogP contribution in [-0.4, -0.2) is 10.8 Å². The first kappa shape index (κ1) is 13.2. The SMILES string of the molecule is O=C(/C=C/c1ccc(Cl)cc1F)c1ccc(=O)[nH]c1. The highest BCUT2D eigenvalue weighted by Gasteiger charge is 2.03. The van der Waals surface area contributed by atoms with Crippen LogP contribution in [0.1, 0.15) is 15.9 Å². The molecule has 0 aliphatic carbocycles. The number of hydrogen-bond acceptors (Lipinski definition) is 2. The van der Waals surface area contributed by atoms with E-state index in [2.05, 4.69) is 4.98 Å². The number of pyridine rings is 1. The standard InChI is InChI=1S/C14H9ClFNO2/c15-11-4-1-9(12(16)7-11)2-5-13(18)10-3-6-14(19)17-8-10/h1-8H,(H,17,19)/b5-2+. The van der Waals surface area contributed by atoms with Crippen LogP contribution in [0.15, 0.2) is 47.4 Å². The maximum atomic E-state index is 13.5. The molecule has 96 valence electrons. The molecule has 5 heteroatoms. The van der Waals surface area contributed by atoms with Crippen molar-refractivity contribution in [3.05, 3.63) is 74.9 Å². The third-order valence-electron chi connectivity index (χ3n) is 2.45. The zero-order valence-corrected chi connectivity index (χ0v) is 10.4. The number of halogens is 2. The number of nitrogens with one attached hydrogen (secondary N) is 1. The molecule has 0 radical (unpaired) electrons. The highest BCUT2D eigenvalue weighted by Crippen LogP contribution is 2.16. The maximum Gasteiger partial charge on any atom is 0.247 e. The van der Waals surface area contributed by atoms with Crippen molar-refractivity contribution in [1.82, 2.24) is 4.98 Å². The summed E-state index contributed by atoms with van der Waals surface area (Å²) >= 11 is 5.63. The van der Waals surface area contributed by atoms with E-state index >= 15 is 0 Å². The molecule has 3 nitrogen and oxygen atoms in total. The fourth-order valence-electron chi connectivity index (χ4n) is 1.46. The van der Waals surface area contributed by atoms with Crippen LogP contribution in [0.4, 0.5) is 4.39 Å². The van der Waals surface area contributed by atoms with Crippen molar-refractivity contribution in [2.75, 3.05) is 0 Å². The summed E-state index contributed by atoms with van der Waals surface area (Å²) in [7, 11) is 0. The van der Waals surface area contributed by atoms with Crippen molar-refractivity contribution in [1.29, 1.82) is 0 Å². The molecule has 0 saturated heterocycles. The van der Waals surface area contributed by atoms with Crippen molar-refractivity contribution in [3.63, 3.8) is 0 Å². The molecule has 0 bridgehead atoms. The van der Waals surface area contributed by atoms with Crippen molar-refractivity contribution < 1.29 is 9.18 Å². The summed E-state index contributed by atoms with van der Waals surface area (Å²) in [6, 6.07) is 6.85. The van der Waals surface area contributed by atoms with Crippen LogP contribution in [0, 0.1) is 5.82 Å². The monoisotopic (exact) mass is 277 g/mol. The summed E-state index contributed by atoms with van der Waals surface area (Å²) in [5.41, 5.74) is 0.302. The van der Waals surface area contributed by atoms with Gasteiger partial charge in [0.2, 0.25) is 5.56 Å². The van der Waals surface area contributed by atoms with Crippen LogP contribution in [0.5, 0.6) is 0 Å². The Morgan fingerprint density at radius 1 is 1.26 bits per heavy atom. The minimum Gasteiger partial charge on any atom is -0.328 e. The lowest BCUT2D eigenvalue weighted by atomic mass is 10.1. The van der Waals surface area contributed by atoms with Gasteiger partial charge in [0.05, 0.1) is 0 Å². The number of ketones is 1. The van der Waals surface area contributed by atoms with Crippen molar-refractivity contribution >= 4 is 23.5 Å². The Bertz CT molecular complexity index is 686. The lowest BCUT2D eigenvalue weighted by Crippen LogP contribution is -2.05. The van der Waals surface area contributed by atoms with Gasteiger partial charge in [-0.25, -0.2) is 4.39 Å². The summed E-state index contributed by atoms with van der Waals surface area (Å²) in [4.78, 5) is 25.0. The van der Waals surface area contributed by atoms with E-state index in [1.54, 1.807) is 0 Å². The van der Waals surface area contributed by atoms with Crippen molar-refractivity contribution in [3.8, 4) is 0 Å². The van der Waals surface area contributed by atoms with Crippen LogP contribution in [0.2, 0.25) is 5.02 Å². The van der Waals surface area contributed by atoms with Gasteiger partial charge in [-0.3, -0.25) is 9.59 Å². The van der Waals surface area contributed by atoms with Crippen LogP contribution in [-0.2, 0) is 0 Å². The lowest BCUT2D eigenvalue weighted by Gasteiger charge is -1.97. The van der Waals surface area contributed by atoms with Gasteiger partial charge in [0.15, 0.2) is 5.78 Å². The number of hydrogen-bond donors (Lipinski definition) is 1. The topological polar surface area (TPSA) is 49.9 Å². The van der Waals surface area contributed by atoms with Gasteiger partial charge in [-0.1, -0.05) is 17.7 Å². The Morgan fingerprint density at radius 3 is 2.68 bits per heavy atom. The first-order chi connectivity index (χ1) is 9.06. The van der Waals surface area contributed by atoms with E-state index in [0.717, 1.165) is 0 Å². The predicted octanol–water partition coefficient (Wildman–Crippen LogP) is 3.06. The van der Waals surface area contributed by atoms with Crippen LogP contribution in [0.3, 0.4) is 0 Å². The average Bonchev–Trinajstić information content (AvgIpc) is 2.38. The third kappa shape index (κ3) is 3.39. The average molecular weight is 278 g/mol. The second kappa shape index (κ2) is 5.63. The van der Waals surface area contributed by atoms with Crippen LogP contribution >= 0.6 is 11.6 Å². The summed E-state index contributed by atoms with van der Waals surface area (Å²) in [5.74, 6) is -0.830. The third-order valence-corrected chi connectivity index (χ3v) is 2.68. The summed E-state index contributed by atoms with van der Waals surface area (Å²) in [6.07, 6.45) is 3.91. The summed E-state index contributed by atoms with van der Waals surface area (Å²) < 4.78 is 13.5. The molecule has 2 aromatic rings. The number of H-pyrrole nitrogens is 1. The second-order valence-corrected chi connectivity index (χ2v) is 4.24. The van der Waals surface area contributed by atoms with Gasteiger partial charge in [0, 0.05) is 28.4 Å². The fraction of sp³-hybridized carbons (Fsp3) is 0. The van der Waals surface area contributed by atoms with Crippen LogP contribution in [0.25, 0.3) is 6.08 Å². The molecule has 2 rings (SSSR count). The smallest absolute Gasteiger partial charge is 0.247 e. The van der Waals surface area contributed by atoms with E-state index in [1.165, 1.54) is 48.7 Å². The normalized spacial score (nSPS) is 10.8. The van der Waals surface area contributed by atoms with Gasteiger partial charge < -0.3 is 4.98 Å². The lowest BCUT2D eigenvalue weighted by molar-refractivity contribution is 0.104. The predicted molar refractivity (Wildman–Crippen MR) is 71.8 cm³/mol. The molecule has 0 spiro atoms. The van der Waals surface area contributed by atoms with Gasteiger partial charge in [-0.15, -0.1) is 0 Å². The molecule has 0 atom stereocenters. The number of rotatable bonds is 3. The Balaban J connectivity index is 2.20.